The van der Waals surface area contributed by atoms with Gasteiger partial charge in [-0.05, 0) is 59.4 Å². The van der Waals surface area contributed by atoms with E-state index in [1.807, 2.05) is 25.6 Å². The van der Waals surface area contributed by atoms with Gasteiger partial charge in [0.2, 0.25) is 0 Å². The maximum atomic E-state index is 4.35. The molecule has 3 heteroatoms. The Morgan fingerprint density at radius 3 is 1.65 bits per heavy atom. The third-order valence-electron chi connectivity index (χ3n) is 6.70. The minimum Gasteiger partial charge on any atom is -0.388 e. The van der Waals surface area contributed by atoms with Gasteiger partial charge < -0.3 is 4.74 Å². The van der Waals surface area contributed by atoms with Gasteiger partial charge in [-0.1, -0.05) is 154 Å². The molecule has 0 N–H and O–H groups in total. The van der Waals surface area contributed by atoms with Crippen LogP contribution in [-0.2, 0) is 4.74 Å². The van der Waals surface area contributed by atoms with Crippen molar-refractivity contribution in [3.05, 3.63) is 150 Å². The van der Waals surface area contributed by atoms with Crippen LogP contribution in [0.4, 0.5) is 0 Å². The van der Waals surface area contributed by atoms with Crippen molar-refractivity contribution in [3.8, 4) is 22.3 Å². The lowest BCUT2D eigenvalue weighted by molar-refractivity contribution is 0.277. The highest BCUT2D eigenvalue weighted by Gasteiger charge is 2.17. The average molecular weight is 609 g/mol. The molecule has 4 aromatic rings. The van der Waals surface area contributed by atoms with Gasteiger partial charge in [0, 0.05) is 40.9 Å². The van der Waals surface area contributed by atoms with E-state index in [0.717, 1.165) is 10.7 Å². The number of hydrogen-bond donors (Lipinski definition) is 0. The summed E-state index contributed by atoms with van der Waals surface area (Å²) in [5, 5.41) is 0.462. The van der Waals surface area contributed by atoms with E-state index in [-0.39, 0.29) is 0 Å². The summed E-state index contributed by atoms with van der Waals surface area (Å²) in [6.07, 6.45) is 6.83. The first-order valence-corrected chi connectivity index (χ1v) is 16.8. The topological polar surface area (TPSA) is 9.23 Å². The van der Waals surface area contributed by atoms with Crippen molar-refractivity contribution < 1.29 is 4.74 Å². The van der Waals surface area contributed by atoms with Crippen LogP contribution in [0.25, 0.3) is 22.3 Å². The van der Waals surface area contributed by atoms with E-state index < -0.39 is 0 Å². The van der Waals surface area contributed by atoms with Crippen LogP contribution in [0, 0.1) is 0 Å². The van der Waals surface area contributed by atoms with Crippen LogP contribution in [0.2, 0.25) is 0 Å². The molecule has 1 nitrogen and oxygen atoms in total. The Labute approximate surface area is 270 Å². The fourth-order valence-electron chi connectivity index (χ4n) is 4.39. The Balaban J connectivity index is 0.00000121. The third-order valence-corrected chi connectivity index (χ3v) is 8.95. The number of rotatable bonds is 11. The highest BCUT2D eigenvalue weighted by atomic mass is 32.2. The van der Waals surface area contributed by atoms with E-state index in [4.69, 9.17) is 0 Å². The molecule has 4 aromatic carbocycles. The maximum absolute atomic E-state index is 4.35. The summed E-state index contributed by atoms with van der Waals surface area (Å²) in [4.78, 5) is 2.32. The van der Waals surface area contributed by atoms with Crippen molar-refractivity contribution in [2.24, 2.45) is 0 Å². The standard InChI is InChI=1S/C36H36S2.C2H6O.C2H6/c1-5-12-36(34-19-17-32(18-20-34)30-13-8-6-9-14-30)29(4)37-26-25-27(2)28(3)38-35-23-21-33(22-24-35)31-15-10-7-11-16-31;1-3-2;1-2/h5-25,29,36H,3,26H2,1-2,4H3;1-2H3;1-2H3/b12-5-,27-25-;;. The van der Waals surface area contributed by atoms with Gasteiger partial charge in [0.25, 0.3) is 0 Å². The summed E-state index contributed by atoms with van der Waals surface area (Å²) in [6, 6.07) is 38.9. The van der Waals surface area contributed by atoms with Gasteiger partial charge in [-0.25, -0.2) is 0 Å². The second-order valence-corrected chi connectivity index (χ2v) is 12.4. The highest BCUT2D eigenvalue weighted by molar-refractivity contribution is 8.03. The molecule has 0 fully saturated rings. The Bertz CT molecular complexity index is 1370. The molecule has 226 valence electrons. The van der Waals surface area contributed by atoms with Crippen LogP contribution in [0.5, 0.6) is 0 Å². The van der Waals surface area contributed by atoms with E-state index in [2.05, 4.69) is 160 Å². The first-order chi connectivity index (χ1) is 21.0. The molecule has 2 atom stereocenters. The van der Waals surface area contributed by atoms with E-state index >= 15 is 0 Å². The lowest BCUT2D eigenvalue weighted by atomic mass is 9.93. The second kappa shape index (κ2) is 20.6. The number of hydrogen-bond acceptors (Lipinski definition) is 3. The van der Waals surface area contributed by atoms with Gasteiger partial charge >= 0.3 is 0 Å². The van der Waals surface area contributed by atoms with Crippen LogP contribution in [0.3, 0.4) is 0 Å². The molecule has 0 saturated heterocycles. The fraction of sp³-hybridized carbons (Fsp3) is 0.250. The molecule has 43 heavy (non-hydrogen) atoms. The first kappa shape index (κ1) is 36.0. The number of allylic oxidation sites excluding steroid dienone is 3. The molecule has 0 aromatic heterocycles. The zero-order chi connectivity index (χ0) is 31.5. The van der Waals surface area contributed by atoms with E-state index in [1.165, 1.54) is 38.3 Å². The summed E-state index contributed by atoms with van der Waals surface area (Å²) >= 11 is 3.74. The van der Waals surface area contributed by atoms with Crippen molar-refractivity contribution >= 4 is 23.5 Å². The zero-order valence-electron chi connectivity index (χ0n) is 26.9. The summed E-state index contributed by atoms with van der Waals surface area (Å²) in [6.45, 7) is 15.0. The number of ether oxygens (including phenoxy) is 1. The van der Waals surface area contributed by atoms with Gasteiger partial charge in [0.05, 0.1) is 0 Å². The first-order valence-electron chi connectivity index (χ1n) is 15.0. The summed E-state index contributed by atoms with van der Waals surface area (Å²) in [7, 11) is 3.25. The lowest BCUT2D eigenvalue weighted by Crippen LogP contribution is -2.10. The van der Waals surface area contributed by atoms with Crippen molar-refractivity contribution in [2.75, 3.05) is 20.0 Å². The molecule has 0 radical (unpaired) electrons. The molecule has 0 aliphatic rings. The van der Waals surface area contributed by atoms with E-state index in [0.29, 0.717) is 11.2 Å². The Morgan fingerprint density at radius 2 is 1.19 bits per heavy atom. The summed E-state index contributed by atoms with van der Waals surface area (Å²) < 4.78 is 4.25. The van der Waals surface area contributed by atoms with Crippen molar-refractivity contribution in [2.45, 2.75) is 50.7 Å². The van der Waals surface area contributed by atoms with Crippen molar-refractivity contribution in [1.29, 1.82) is 0 Å². The zero-order valence-corrected chi connectivity index (χ0v) is 28.6. The fourth-order valence-corrected chi connectivity index (χ4v) is 6.29. The van der Waals surface area contributed by atoms with Gasteiger partial charge in [0.15, 0.2) is 0 Å². The molecule has 0 spiro atoms. The van der Waals surface area contributed by atoms with E-state index in [1.54, 1.807) is 26.0 Å². The molecular weight excluding hydrogens is 561 g/mol. The molecule has 0 aliphatic carbocycles. The highest BCUT2D eigenvalue weighted by Crippen LogP contribution is 2.34. The SMILES string of the molecule is C=C(Sc1ccc(-c2ccccc2)cc1)/C(C)=C\CSC(C)C(/C=C\C)c1ccc(-c2ccccc2)cc1.CC.COC. The number of thioether (sulfide) groups is 2. The Kier molecular flexibility index (Phi) is 17.2. The van der Waals surface area contributed by atoms with Gasteiger partial charge in [-0.15, -0.1) is 0 Å². The summed E-state index contributed by atoms with van der Waals surface area (Å²) in [5.41, 5.74) is 7.61. The normalized spacial score (nSPS) is 12.4. The van der Waals surface area contributed by atoms with E-state index in [9.17, 15) is 0 Å². The van der Waals surface area contributed by atoms with Crippen LogP contribution in [0.15, 0.2) is 149 Å². The third kappa shape index (κ3) is 12.1. The predicted octanol–water partition coefficient (Wildman–Crippen LogP) is 12.3. The maximum Gasteiger partial charge on any atom is 0.0351 e. The van der Waals surface area contributed by atoms with Gasteiger partial charge in [-0.2, -0.15) is 11.8 Å². The van der Waals surface area contributed by atoms with Crippen molar-refractivity contribution in [3.63, 3.8) is 0 Å². The molecule has 0 heterocycles. The molecule has 4 rings (SSSR count). The minimum atomic E-state index is 0.379. The number of benzene rings is 4. The quantitative estimate of drug-likeness (QED) is 0.0952. The molecule has 0 bridgehead atoms. The van der Waals surface area contributed by atoms with Crippen LogP contribution >= 0.6 is 23.5 Å². The van der Waals surface area contributed by atoms with Gasteiger partial charge in [-0.3, -0.25) is 0 Å². The molecule has 2 unspecified atom stereocenters. The van der Waals surface area contributed by atoms with Crippen LogP contribution in [-0.4, -0.2) is 25.2 Å². The van der Waals surface area contributed by atoms with Gasteiger partial charge in [0.1, 0.15) is 0 Å². The Morgan fingerprint density at radius 1 is 0.744 bits per heavy atom. The van der Waals surface area contributed by atoms with Crippen LogP contribution in [0.1, 0.15) is 46.1 Å². The molecular formula is C40H48OS2. The smallest absolute Gasteiger partial charge is 0.0351 e. The summed E-state index contributed by atoms with van der Waals surface area (Å²) in [5.74, 6) is 1.35. The molecule has 0 saturated carbocycles. The molecule has 0 amide bonds. The average Bonchev–Trinajstić information content (AvgIpc) is 3.06. The predicted molar refractivity (Wildman–Crippen MR) is 196 cm³/mol. The second-order valence-electron chi connectivity index (χ2n) is 9.79. The van der Waals surface area contributed by atoms with Crippen molar-refractivity contribution in [1.82, 2.24) is 0 Å². The lowest BCUT2D eigenvalue weighted by Gasteiger charge is -2.21. The largest absolute Gasteiger partial charge is 0.388 e. The van der Waals surface area contributed by atoms with Crippen LogP contribution < -0.4 is 0 Å². The number of methoxy groups -OCH3 is 1. The molecule has 0 aliphatic heterocycles. The monoisotopic (exact) mass is 608 g/mol. The minimum absolute atomic E-state index is 0.379. The Hall–Kier alpha value is -3.24.